The van der Waals surface area contributed by atoms with Crippen LogP contribution in [0.1, 0.15) is 10.5 Å². The first-order chi connectivity index (χ1) is 12.4. The van der Waals surface area contributed by atoms with Gasteiger partial charge in [0.15, 0.2) is 11.6 Å². The van der Waals surface area contributed by atoms with E-state index >= 15 is 0 Å². The van der Waals surface area contributed by atoms with Gasteiger partial charge < -0.3 is 15.2 Å². The summed E-state index contributed by atoms with van der Waals surface area (Å²) in [7, 11) is 0. The van der Waals surface area contributed by atoms with Crippen molar-refractivity contribution in [3.8, 4) is 0 Å². The number of benzene rings is 2. The number of carboxylic acid groups (broad SMARTS) is 1. The zero-order valence-corrected chi connectivity index (χ0v) is 13.0. The maximum absolute atomic E-state index is 13.2. The molecule has 0 aliphatic heterocycles. The molecule has 1 N–H and O–H groups in total. The molecule has 2 aromatic carbocycles. The van der Waals surface area contributed by atoms with Gasteiger partial charge in [0.2, 0.25) is 5.91 Å². The molecule has 9 heteroatoms. The van der Waals surface area contributed by atoms with Crippen LogP contribution in [0.3, 0.4) is 0 Å². The molecular formula is C17H10F2N3O4-. The minimum absolute atomic E-state index is 0.0251. The molecule has 0 aliphatic carbocycles. The number of aromatic nitrogens is 2. The fraction of sp³-hybridized carbons (Fsp3) is 0.0588. The molecule has 0 bridgehead atoms. The molecule has 1 aromatic heterocycles. The first-order valence-electron chi connectivity index (χ1n) is 7.33. The standard InChI is InChI=1S/C17H11F2N3O4/c18-12-6-5-9(7-13(12)19)20-14(23)8-22-16(24)11-4-2-1-3-10(11)15(21-22)17(25)26/h1-7H,8H2,(H,20,23)(H,25,26)/p-1. The molecule has 0 fully saturated rings. The van der Waals surface area contributed by atoms with E-state index in [1.54, 1.807) is 0 Å². The van der Waals surface area contributed by atoms with Gasteiger partial charge in [-0.15, -0.1) is 0 Å². The second-order valence-electron chi connectivity index (χ2n) is 5.32. The molecular weight excluding hydrogens is 348 g/mol. The predicted octanol–water partition coefficient (Wildman–Crippen LogP) is 0.677. The molecule has 0 aliphatic rings. The van der Waals surface area contributed by atoms with Crippen LogP contribution in [0, 0.1) is 11.6 Å². The van der Waals surface area contributed by atoms with Crippen LogP contribution in [-0.2, 0) is 11.3 Å². The normalized spacial score (nSPS) is 10.7. The van der Waals surface area contributed by atoms with Crippen molar-refractivity contribution in [3.05, 3.63) is 70.1 Å². The maximum Gasteiger partial charge on any atom is 0.275 e. The van der Waals surface area contributed by atoms with Crippen molar-refractivity contribution >= 4 is 28.3 Å². The summed E-state index contributed by atoms with van der Waals surface area (Å²) in [5.41, 5.74) is -1.19. The lowest BCUT2D eigenvalue weighted by Crippen LogP contribution is -2.34. The van der Waals surface area contributed by atoms with Crippen molar-refractivity contribution in [1.82, 2.24) is 9.78 Å². The number of nitrogens with one attached hydrogen (secondary N) is 1. The second kappa shape index (κ2) is 6.71. The Hall–Kier alpha value is -3.62. The summed E-state index contributed by atoms with van der Waals surface area (Å²) in [5, 5.41) is 17.3. The molecule has 0 unspecified atom stereocenters. The Bertz CT molecular complexity index is 1100. The van der Waals surface area contributed by atoms with Crippen molar-refractivity contribution in [2.24, 2.45) is 0 Å². The third-order valence-electron chi connectivity index (χ3n) is 3.56. The number of fused-ring (bicyclic) bond motifs is 1. The lowest BCUT2D eigenvalue weighted by molar-refractivity contribution is -0.255. The van der Waals surface area contributed by atoms with Gasteiger partial charge in [0.1, 0.15) is 12.2 Å². The lowest BCUT2D eigenvalue weighted by atomic mass is 10.1. The third-order valence-corrected chi connectivity index (χ3v) is 3.56. The van der Waals surface area contributed by atoms with Crippen molar-refractivity contribution in [2.45, 2.75) is 6.54 Å². The Kier molecular flexibility index (Phi) is 4.44. The molecule has 0 atom stereocenters. The molecule has 7 nitrogen and oxygen atoms in total. The summed E-state index contributed by atoms with van der Waals surface area (Å²) < 4.78 is 26.7. The van der Waals surface area contributed by atoms with E-state index in [0.717, 1.165) is 18.2 Å². The van der Waals surface area contributed by atoms with Gasteiger partial charge in [-0.1, -0.05) is 18.2 Å². The summed E-state index contributed by atoms with van der Waals surface area (Å²) in [6.07, 6.45) is 0. The van der Waals surface area contributed by atoms with Gasteiger partial charge >= 0.3 is 0 Å². The molecule has 132 valence electrons. The maximum atomic E-state index is 13.2. The van der Waals surface area contributed by atoms with Gasteiger partial charge in [0.25, 0.3) is 5.56 Å². The number of rotatable bonds is 4. The second-order valence-corrected chi connectivity index (χ2v) is 5.32. The number of hydrogen-bond acceptors (Lipinski definition) is 5. The quantitative estimate of drug-likeness (QED) is 0.738. The first kappa shape index (κ1) is 17.2. The number of amides is 1. The molecule has 0 saturated heterocycles. The number of anilines is 1. The fourth-order valence-corrected chi connectivity index (χ4v) is 2.40. The summed E-state index contributed by atoms with van der Waals surface area (Å²) in [6, 6.07) is 8.62. The highest BCUT2D eigenvalue weighted by Gasteiger charge is 2.14. The number of carboxylic acids is 1. The van der Waals surface area contributed by atoms with Gasteiger partial charge in [0.05, 0.1) is 11.4 Å². The Morgan fingerprint density at radius 1 is 1.08 bits per heavy atom. The topological polar surface area (TPSA) is 104 Å². The number of aromatic carboxylic acids is 1. The molecule has 1 amide bonds. The third kappa shape index (κ3) is 3.27. The van der Waals surface area contributed by atoms with E-state index in [4.69, 9.17) is 0 Å². The van der Waals surface area contributed by atoms with Crippen LogP contribution in [0.25, 0.3) is 10.8 Å². The van der Waals surface area contributed by atoms with E-state index < -0.39 is 41.3 Å². The van der Waals surface area contributed by atoms with E-state index in [0.29, 0.717) is 4.68 Å². The van der Waals surface area contributed by atoms with Crippen LogP contribution in [0.2, 0.25) is 0 Å². The van der Waals surface area contributed by atoms with Crippen LogP contribution in [-0.4, -0.2) is 21.7 Å². The summed E-state index contributed by atoms with van der Waals surface area (Å²) >= 11 is 0. The summed E-state index contributed by atoms with van der Waals surface area (Å²) in [4.78, 5) is 35.7. The van der Waals surface area contributed by atoms with Gasteiger partial charge in [0, 0.05) is 17.1 Å². The van der Waals surface area contributed by atoms with E-state index in [-0.39, 0.29) is 16.5 Å². The zero-order valence-electron chi connectivity index (χ0n) is 13.0. The van der Waals surface area contributed by atoms with E-state index in [1.807, 2.05) is 0 Å². The number of carbonyl (C=O) groups is 2. The largest absolute Gasteiger partial charge is 0.543 e. The molecule has 0 saturated carbocycles. The fourth-order valence-electron chi connectivity index (χ4n) is 2.40. The predicted molar refractivity (Wildman–Crippen MR) is 85.3 cm³/mol. The Labute approximate surface area is 144 Å². The van der Waals surface area contributed by atoms with Crippen LogP contribution in [0.5, 0.6) is 0 Å². The highest BCUT2D eigenvalue weighted by molar-refractivity contribution is 6.00. The summed E-state index contributed by atoms with van der Waals surface area (Å²) in [6.45, 7) is -0.622. The average molecular weight is 358 g/mol. The minimum Gasteiger partial charge on any atom is -0.543 e. The summed E-state index contributed by atoms with van der Waals surface area (Å²) in [5.74, 6) is -4.60. The van der Waals surface area contributed by atoms with Gasteiger partial charge in [-0.25, -0.2) is 13.5 Å². The highest BCUT2D eigenvalue weighted by Crippen LogP contribution is 2.14. The first-order valence-corrected chi connectivity index (χ1v) is 7.33. The number of halogens is 2. The Morgan fingerprint density at radius 3 is 2.42 bits per heavy atom. The van der Waals surface area contributed by atoms with Crippen LogP contribution in [0.15, 0.2) is 47.3 Å². The number of nitrogens with zero attached hydrogens (tertiary/aromatic N) is 2. The molecule has 0 radical (unpaired) electrons. The SMILES string of the molecule is O=C(Cn1nc(C(=O)[O-])c2ccccc2c1=O)Nc1ccc(F)c(F)c1. The number of carbonyl (C=O) groups excluding carboxylic acids is 2. The molecule has 3 rings (SSSR count). The molecule has 3 aromatic rings. The smallest absolute Gasteiger partial charge is 0.275 e. The molecule has 26 heavy (non-hydrogen) atoms. The Morgan fingerprint density at radius 2 is 1.77 bits per heavy atom. The average Bonchev–Trinajstić information content (AvgIpc) is 2.60. The molecule has 1 heterocycles. The van der Waals surface area contributed by atoms with Crippen molar-refractivity contribution in [3.63, 3.8) is 0 Å². The monoisotopic (exact) mass is 358 g/mol. The number of hydrogen-bond donors (Lipinski definition) is 1. The van der Waals surface area contributed by atoms with Gasteiger partial charge in [-0.05, 0) is 18.2 Å². The molecule has 0 spiro atoms. The zero-order chi connectivity index (χ0) is 18.8. The van der Waals surface area contributed by atoms with Crippen molar-refractivity contribution < 1.29 is 23.5 Å². The van der Waals surface area contributed by atoms with Gasteiger partial charge in [-0.3, -0.25) is 9.59 Å². The van der Waals surface area contributed by atoms with E-state index in [1.165, 1.54) is 24.3 Å². The van der Waals surface area contributed by atoms with Crippen LogP contribution >= 0.6 is 0 Å². The van der Waals surface area contributed by atoms with E-state index in [9.17, 15) is 28.3 Å². The lowest BCUT2D eigenvalue weighted by Gasteiger charge is -2.11. The van der Waals surface area contributed by atoms with Crippen molar-refractivity contribution in [1.29, 1.82) is 0 Å². The van der Waals surface area contributed by atoms with Crippen LogP contribution in [0.4, 0.5) is 14.5 Å². The minimum atomic E-state index is -1.60. The van der Waals surface area contributed by atoms with Crippen molar-refractivity contribution in [2.75, 3.05) is 5.32 Å². The highest BCUT2D eigenvalue weighted by atomic mass is 19.2. The van der Waals surface area contributed by atoms with Crippen LogP contribution < -0.4 is 16.0 Å². The Balaban J connectivity index is 1.94. The van der Waals surface area contributed by atoms with E-state index in [2.05, 4.69) is 10.4 Å². The van der Waals surface area contributed by atoms with Gasteiger partial charge in [-0.2, -0.15) is 5.10 Å².